The topological polar surface area (TPSA) is 86.8 Å². The van der Waals surface area contributed by atoms with Gasteiger partial charge < -0.3 is 33.5 Å². The minimum atomic E-state index is -1.30. The van der Waals surface area contributed by atoms with Crippen molar-refractivity contribution in [3.8, 4) is 28.7 Å². The lowest BCUT2D eigenvalue weighted by atomic mass is 9.94. The SMILES string of the molecule is CCCOc1ccc(C(=CC(=O)N2CCN(C(=O)c3cc(OC)c(OC)c(OC)c3)CC2)c2cc(F)c(F)c(C)c2F)cc1OC. The predicted octanol–water partition coefficient (Wildman–Crippen LogP) is 5.65. The van der Waals surface area contributed by atoms with Gasteiger partial charge in [0.2, 0.25) is 11.7 Å². The first kappa shape index (κ1) is 34.0. The van der Waals surface area contributed by atoms with Crippen LogP contribution in [0.25, 0.3) is 5.57 Å². The van der Waals surface area contributed by atoms with Crippen LogP contribution in [-0.2, 0) is 4.79 Å². The molecule has 0 atom stereocenters. The highest BCUT2D eigenvalue weighted by Crippen LogP contribution is 2.39. The Morgan fingerprint density at radius 2 is 1.35 bits per heavy atom. The van der Waals surface area contributed by atoms with Crippen molar-refractivity contribution in [1.82, 2.24) is 9.80 Å². The van der Waals surface area contributed by atoms with E-state index >= 15 is 4.39 Å². The van der Waals surface area contributed by atoms with E-state index in [4.69, 9.17) is 23.7 Å². The van der Waals surface area contributed by atoms with Gasteiger partial charge in [0, 0.05) is 48.9 Å². The van der Waals surface area contributed by atoms with Gasteiger partial charge in [0.05, 0.1) is 35.0 Å². The van der Waals surface area contributed by atoms with E-state index in [9.17, 15) is 18.4 Å². The first-order chi connectivity index (χ1) is 22.1. The number of benzene rings is 3. The molecule has 1 saturated heterocycles. The molecule has 246 valence electrons. The van der Waals surface area contributed by atoms with Crippen LogP contribution < -0.4 is 23.7 Å². The monoisotopic (exact) mass is 642 g/mol. The summed E-state index contributed by atoms with van der Waals surface area (Å²) in [5, 5.41) is 0. The number of hydrogen-bond donors (Lipinski definition) is 0. The van der Waals surface area contributed by atoms with Crippen molar-refractivity contribution in [2.24, 2.45) is 0 Å². The van der Waals surface area contributed by atoms with E-state index in [1.54, 1.807) is 35.2 Å². The Morgan fingerprint density at radius 1 is 0.761 bits per heavy atom. The molecule has 9 nitrogen and oxygen atoms in total. The lowest BCUT2D eigenvalue weighted by Gasteiger charge is -2.34. The normalized spacial score (nSPS) is 13.4. The number of hydrogen-bond acceptors (Lipinski definition) is 7. The van der Waals surface area contributed by atoms with Crippen LogP contribution >= 0.6 is 0 Å². The van der Waals surface area contributed by atoms with Crippen molar-refractivity contribution >= 4 is 17.4 Å². The Balaban J connectivity index is 1.63. The second kappa shape index (κ2) is 14.9. The predicted molar refractivity (Wildman–Crippen MR) is 165 cm³/mol. The molecule has 0 radical (unpaired) electrons. The molecule has 1 fully saturated rings. The standard InChI is InChI=1S/C34H37F3N2O7/c1-7-14-46-26-9-8-21(15-27(26)42-3)23(24-18-25(35)32(37)20(2)31(24)36)19-30(40)38-10-12-39(13-11-38)34(41)22-16-28(43-4)33(45-6)29(17-22)44-5/h8-9,15-19H,7,10-14H2,1-6H3. The average molecular weight is 643 g/mol. The lowest BCUT2D eigenvalue weighted by Crippen LogP contribution is -2.50. The van der Waals surface area contributed by atoms with E-state index < -0.39 is 28.9 Å². The Hall–Kier alpha value is -4.87. The van der Waals surface area contributed by atoms with Gasteiger partial charge in [0.25, 0.3) is 5.91 Å². The maximum atomic E-state index is 15.5. The average Bonchev–Trinajstić information content (AvgIpc) is 3.09. The fraction of sp³-hybridized carbons (Fsp3) is 0.353. The van der Waals surface area contributed by atoms with Crippen LogP contribution in [0.3, 0.4) is 0 Å². The molecule has 0 bridgehead atoms. The second-order valence-electron chi connectivity index (χ2n) is 10.5. The number of ether oxygens (including phenoxy) is 5. The summed E-state index contributed by atoms with van der Waals surface area (Å²) in [5.74, 6) is -2.56. The van der Waals surface area contributed by atoms with E-state index in [1.165, 1.54) is 39.4 Å². The molecule has 0 aromatic heterocycles. The molecule has 3 aromatic carbocycles. The smallest absolute Gasteiger partial charge is 0.254 e. The summed E-state index contributed by atoms with van der Waals surface area (Å²) in [6, 6.07) is 8.60. The van der Waals surface area contributed by atoms with Gasteiger partial charge in [0.15, 0.2) is 34.6 Å². The highest BCUT2D eigenvalue weighted by molar-refractivity contribution is 6.00. The Morgan fingerprint density at radius 3 is 1.91 bits per heavy atom. The minimum Gasteiger partial charge on any atom is -0.493 e. The Bertz CT molecular complexity index is 1610. The van der Waals surface area contributed by atoms with Crippen LogP contribution in [0.5, 0.6) is 28.7 Å². The molecule has 0 saturated carbocycles. The number of halogens is 3. The molecule has 0 aliphatic carbocycles. The third kappa shape index (κ3) is 7.00. The number of methoxy groups -OCH3 is 4. The van der Waals surface area contributed by atoms with E-state index in [0.717, 1.165) is 19.4 Å². The summed E-state index contributed by atoms with van der Waals surface area (Å²) in [6.07, 6.45) is 1.94. The largest absolute Gasteiger partial charge is 0.493 e. The van der Waals surface area contributed by atoms with E-state index in [0.29, 0.717) is 46.5 Å². The number of rotatable bonds is 11. The summed E-state index contributed by atoms with van der Waals surface area (Å²) in [4.78, 5) is 30.1. The molecule has 0 N–H and O–H groups in total. The Kier molecular flexibility index (Phi) is 11.0. The summed E-state index contributed by atoms with van der Waals surface area (Å²) >= 11 is 0. The first-order valence-corrected chi connectivity index (χ1v) is 14.6. The van der Waals surface area contributed by atoms with Crippen LogP contribution in [0.2, 0.25) is 0 Å². The summed E-state index contributed by atoms with van der Waals surface area (Å²) in [7, 11) is 5.81. The lowest BCUT2D eigenvalue weighted by molar-refractivity contribution is -0.127. The third-order valence-electron chi connectivity index (χ3n) is 7.66. The molecule has 1 aliphatic rings. The molecule has 3 aromatic rings. The van der Waals surface area contributed by atoms with Gasteiger partial charge in [-0.1, -0.05) is 13.0 Å². The van der Waals surface area contributed by atoms with Crippen molar-refractivity contribution in [3.05, 3.63) is 82.2 Å². The molecule has 2 amide bonds. The number of carbonyl (C=O) groups is 2. The van der Waals surface area contributed by atoms with Crippen molar-refractivity contribution in [1.29, 1.82) is 0 Å². The molecule has 4 rings (SSSR count). The molecule has 46 heavy (non-hydrogen) atoms. The number of piperazine rings is 1. The summed E-state index contributed by atoms with van der Waals surface area (Å²) < 4.78 is 71.5. The van der Waals surface area contributed by atoms with Gasteiger partial charge in [-0.3, -0.25) is 9.59 Å². The van der Waals surface area contributed by atoms with E-state index in [1.807, 2.05) is 6.92 Å². The number of amides is 2. The minimum absolute atomic E-state index is 0.0285. The molecule has 0 unspecified atom stereocenters. The van der Waals surface area contributed by atoms with E-state index in [2.05, 4.69) is 0 Å². The zero-order valence-electron chi connectivity index (χ0n) is 26.7. The van der Waals surface area contributed by atoms with Gasteiger partial charge in [-0.05, 0) is 54.8 Å². The second-order valence-corrected chi connectivity index (χ2v) is 10.5. The zero-order chi connectivity index (χ0) is 33.5. The van der Waals surface area contributed by atoms with Crippen molar-refractivity contribution in [3.63, 3.8) is 0 Å². The van der Waals surface area contributed by atoms with Crippen molar-refractivity contribution in [2.75, 3.05) is 61.2 Å². The van der Waals surface area contributed by atoms with Gasteiger partial charge in [-0.25, -0.2) is 13.2 Å². The van der Waals surface area contributed by atoms with Crippen LogP contribution in [0.15, 0.2) is 42.5 Å². The number of carbonyl (C=O) groups excluding carboxylic acids is 2. The maximum absolute atomic E-state index is 15.5. The third-order valence-corrected chi connectivity index (χ3v) is 7.66. The molecule has 0 spiro atoms. The van der Waals surface area contributed by atoms with Crippen LogP contribution in [0.4, 0.5) is 13.2 Å². The molecule has 12 heteroatoms. The summed E-state index contributed by atoms with van der Waals surface area (Å²) in [6.45, 7) is 4.27. The van der Waals surface area contributed by atoms with Gasteiger partial charge >= 0.3 is 0 Å². The molecule has 1 heterocycles. The molecule has 1 aliphatic heterocycles. The quantitative estimate of drug-likeness (QED) is 0.197. The maximum Gasteiger partial charge on any atom is 0.254 e. The van der Waals surface area contributed by atoms with Gasteiger partial charge in [0.1, 0.15) is 5.82 Å². The zero-order valence-corrected chi connectivity index (χ0v) is 26.7. The van der Waals surface area contributed by atoms with Crippen molar-refractivity contribution < 1.29 is 46.4 Å². The highest BCUT2D eigenvalue weighted by Gasteiger charge is 2.28. The van der Waals surface area contributed by atoms with Crippen LogP contribution in [0.1, 0.15) is 40.4 Å². The van der Waals surface area contributed by atoms with E-state index in [-0.39, 0.29) is 43.2 Å². The molecular formula is C34H37F3N2O7. The van der Waals surface area contributed by atoms with Gasteiger partial charge in [-0.2, -0.15) is 0 Å². The summed E-state index contributed by atoms with van der Waals surface area (Å²) in [5.41, 5.74) is -0.122. The fourth-order valence-corrected chi connectivity index (χ4v) is 5.14. The number of nitrogens with zero attached hydrogens (tertiary/aromatic N) is 2. The molecular weight excluding hydrogens is 605 g/mol. The van der Waals surface area contributed by atoms with Gasteiger partial charge in [-0.15, -0.1) is 0 Å². The van der Waals surface area contributed by atoms with Crippen molar-refractivity contribution in [2.45, 2.75) is 20.3 Å². The fourth-order valence-electron chi connectivity index (χ4n) is 5.14. The Labute approximate surface area is 266 Å². The first-order valence-electron chi connectivity index (χ1n) is 14.6. The van der Waals surface area contributed by atoms with Crippen LogP contribution in [0, 0.1) is 24.4 Å². The highest BCUT2D eigenvalue weighted by atomic mass is 19.2. The van der Waals surface area contributed by atoms with Crippen LogP contribution in [-0.4, -0.2) is 82.8 Å².